The SMILES string of the molecule is CC(C)(C)OC(=O)N1CC[C@@H](CC(=O)O)C[C@H]1C(F)(F)F. The van der Waals surface area contributed by atoms with Gasteiger partial charge in [0, 0.05) is 13.0 Å². The van der Waals surface area contributed by atoms with Crippen molar-refractivity contribution in [3.8, 4) is 0 Å². The molecular weight excluding hydrogens is 291 g/mol. The van der Waals surface area contributed by atoms with Crippen LogP contribution in [0, 0.1) is 5.92 Å². The van der Waals surface area contributed by atoms with Crippen LogP contribution in [0.1, 0.15) is 40.0 Å². The Morgan fingerprint density at radius 3 is 2.29 bits per heavy atom. The molecule has 1 aliphatic rings. The number of carboxylic acids is 1. The van der Waals surface area contributed by atoms with Crippen molar-refractivity contribution in [2.24, 2.45) is 5.92 Å². The summed E-state index contributed by atoms with van der Waals surface area (Å²) in [7, 11) is 0. The number of likely N-dealkylation sites (tertiary alicyclic amines) is 1. The molecule has 1 heterocycles. The van der Waals surface area contributed by atoms with Gasteiger partial charge in [0.05, 0.1) is 0 Å². The topological polar surface area (TPSA) is 66.8 Å². The van der Waals surface area contributed by atoms with Gasteiger partial charge < -0.3 is 9.84 Å². The molecule has 0 bridgehead atoms. The summed E-state index contributed by atoms with van der Waals surface area (Å²) in [6.45, 7) is 4.57. The lowest BCUT2D eigenvalue weighted by Gasteiger charge is -2.40. The minimum absolute atomic E-state index is 0.156. The van der Waals surface area contributed by atoms with Crippen molar-refractivity contribution in [2.45, 2.75) is 57.9 Å². The predicted octanol–water partition coefficient (Wildman–Crippen LogP) is 3.04. The van der Waals surface area contributed by atoms with E-state index in [2.05, 4.69) is 0 Å². The van der Waals surface area contributed by atoms with E-state index in [9.17, 15) is 22.8 Å². The quantitative estimate of drug-likeness (QED) is 0.851. The molecule has 0 saturated carbocycles. The number of carbonyl (C=O) groups excluding carboxylic acids is 1. The lowest BCUT2D eigenvalue weighted by Crippen LogP contribution is -2.54. The summed E-state index contributed by atoms with van der Waals surface area (Å²) < 4.78 is 44.3. The van der Waals surface area contributed by atoms with Crippen LogP contribution in [0.5, 0.6) is 0 Å². The van der Waals surface area contributed by atoms with Gasteiger partial charge in [-0.2, -0.15) is 13.2 Å². The second kappa shape index (κ2) is 6.11. The predicted molar refractivity (Wildman–Crippen MR) is 67.8 cm³/mol. The third-order valence-electron chi connectivity index (χ3n) is 3.18. The molecule has 0 unspecified atom stereocenters. The van der Waals surface area contributed by atoms with E-state index >= 15 is 0 Å². The van der Waals surface area contributed by atoms with E-state index in [0.29, 0.717) is 4.90 Å². The Morgan fingerprint density at radius 1 is 1.29 bits per heavy atom. The lowest BCUT2D eigenvalue weighted by molar-refractivity contribution is -0.192. The zero-order chi connectivity index (χ0) is 16.4. The van der Waals surface area contributed by atoms with Gasteiger partial charge in [0.2, 0.25) is 0 Å². The molecule has 0 aliphatic carbocycles. The van der Waals surface area contributed by atoms with Crippen LogP contribution in [0.3, 0.4) is 0 Å². The number of carbonyl (C=O) groups is 2. The molecule has 0 aromatic rings. The van der Waals surface area contributed by atoms with E-state index in [1.54, 1.807) is 20.8 Å². The van der Waals surface area contributed by atoms with E-state index in [1.165, 1.54) is 0 Å². The first-order valence-electron chi connectivity index (χ1n) is 6.68. The highest BCUT2D eigenvalue weighted by molar-refractivity contribution is 5.69. The molecule has 1 N–H and O–H groups in total. The van der Waals surface area contributed by atoms with Gasteiger partial charge in [0.15, 0.2) is 0 Å². The normalized spacial score (nSPS) is 23.8. The molecule has 1 rings (SSSR count). The van der Waals surface area contributed by atoms with Crippen LogP contribution >= 0.6 is 0 Å². The number of piperidine rings is 1. The van der Waals surface area contributed by atoms with Gasteiger partial charge in [0.1, 0.15) is 11.6 Å². The van der Waals surface area contributed by atoms with Gasteiger partial charge in [0.25, 0.3) is 0 Å². The number of hydrogen-bond donors (Lipinski definition) is 1. The number of hydrogen-bond acceptors (Lipinski definition) is 3. The van der Waals surface area contributed by atoms with Crippen LogP contribution in [-0.2, 0) is 9.53 Å². The first-order valence-corrected chi connectivity index (χ1v) is 6.68. The minimum atomic E-state index is -4.60. The Kier molecular flexibility index (Phi) is 5.11. The number of amides is 1. The summed E-state index contributed by atoms with van der Waals surface area (Å²) >= 11 is 0. The van der Waals surface area contributed by atoms with E-state index in [4.69, 9.17) is 9.84 Å². The Morgan fingerprint density at radius 2 is 1.86 bits per heavy atom. The van der Waals surface area contributed by atoms with E-state index in [0.717, 1.165) is 0 Å². The van der Waals surface area contributed by atoms with Gasteiger partial charge in [-0.25, -0.2) is 4.79 Å². The smallest absolute Gasteiger partial charge is 0.410 e. The molecule has 0 aromatic heterocycles. The van der Waals surface area contributed by atoms with E-state index in [-0.39, 0.29) is 19.4 Å². The molecule has 5 nitrogen and oxygen atoms in total. The maximum atomic E-state index is 13.1. The highest BCUT2D eigenvalue weighted by Crippen LogP contribution is 2.36. The molecule has 1 saturated heterocycles. The number of ether oxygens (including phenoxy) is 1. The molecule has 1 aliphatic heterocycles. The molecule has 1 fully saturated rings. The first-order chi connectivity index (χ1) is 9.40. The monoisotopic (exact) mass is 311 g/mol. The van der Waals surface area contributed by atoms with Gasteiger partial charge in [-0.1, -0.05) is 0 Å². The Hall–Kier alpha value is -1.47. The van der Waals surface area contributed by atoms with Gasteiger partial charge >= 0.3 is 18.2 Å². The fraction of sp³-hybridized carbons (Fsp3) is 0.846. The molecule has 0 aromatic carbocycles. The summed E-state index contributed by atoms with van der Waals surface area (Å²) in [5, 5.41) is 8.70. The van der Waals surface area contributed by atoms with Crippen molar-refractivity contribution < 1.29 is 32.6 Å². The highest BCUT2D eigenvalue weighted by Gasteiger charge is 2.49. The molecule has 0 spiro atoms. The number of nitrogens with zero attached hydrogens (tertiary/aromatic N) is 1. The van der Waals surface area contributed by atoms with E-state index in [1.807, 2.05) is 0 Å². The van der Waals surface area contributed by atoms with Crippen molar-refractivity contribution in [1.29, 1.82) is 0 Å². The summed E-state index contributed by atoms with van der Waals surface area (Å²) in [6.07, 6.45) is -6.13. The van der Waals surface area contributed by atoms with Gasteiger partial charge in [-0.05, 0) is 39.5 Å². The zero-order valence-electron chi connectivity index (χ0n) is 12.2. The zero-order valence-corrected chi connectivity index (χ0v) is 12.2. The van der Waals surface area contributed by atoms with Crippen LogP contribution in [0.4, 0.5) is 18.0 Å². The van der Waals surface area contributed by atoms with Crippen LogP contribution in [0.15, 0.2) is 0 Å². The lowest BCUT2D eigenvalue weighted by atomic mass is 9.88. The number of rotatable bonds is 2. The van der Waals surface area contributed by atoms with Crippen LogP contribution in [-0.4, -0.2) is 46.4 Å². The standard InChI is InChI=1S/C13H20F3NO4/c1-12(2,3)21-11(20)17-5-4-8(7-10(18)19)6-9(17)13(14,15)16/h8-9H,4-7H2,1-3H3,(H,18,19)/t8-,9+/m1/s1. The number of aliphatic carboxylic acids is 1. The Bertz CT molecular complexity index is 403. The molecular formula is C13H20F3NO4. The second-order valence-electron chi connectivity index (χ2n) is 6.22. The summed E-state index contributed by atoms with van der Waals surface area (Å²) in [4.78, 5) is 23.2. The summed E-state index contributed by atoms with van der Waals surface area (Å²) in [5.41, 5.74) is -0.884. The van der Waals surface area contributed by atoms with Crippen LogP contribution in [0.25, 0.3) is 0 Å². The molecule has 2 atom stereocenters. The molecule has 0 radical (unpaired) electrons. The van der Waals surface area contributed by atoms with Crippen molar-refractivity contribution >= 4 is 12.1 Å². The third kappa shape index (κ3) is 5.43. The van der Waals surface area contributed by atoms with Crippen molar-refractivity contribution in [3.05, 3.63) is 0 Å². The summed E-state index contributed by atoms with van der Waals surface area (Å²) in [6, 6.07) is -1.99. The highest BCUT2D eigenvalue weighted by atomic mass is 19.4. The Labute approximate surface area is 121 Å². The first kappa shape index (κ1) is 17.6. The number of carboxylic acid groups (broad SMARTS) is 1. The molecule has 21 heavy (non-hydrogen) atoms. The van der Waals surface area contributed by atoms with Crippen molar-refractivity contribution in [3.63, 3.8) is 0 Å². The van der Waals surface area contributed by atoms with E-state index < -0.39 is 42.2 Å². The van der Waals surface area contributed by atoms with Crippen LogP contribution < -0.4 is 0 Å². The third-order valence-corrected chi connectivity index (χ3v) is 3.18. The molecule has 1 amide bonds. The summed E-state index contributed by atoms with van der Waals surface area (Å²) in [5.74, 6) is -1.72. The average molecular weight is 311 g/mol. The Balaban J connectivity index is 2.84. The fourth-order valence-electron chi connectivity index (χ4n) is 2.32. The number of alkyl halides is 3. The number of halogens is 3. The average Bonchev–Trinajstić information content (AvgIpc) is 2.24. The van der Waals surface area contributed by atoms with Crippen molar-refractivity contribution in [2.75, 3.05) is 6.54 Å². The minimum Gasteiger partial charge on any atom is -0.481 e. The maximum Gasteiger partial charge on any atom is 0.410 e. The van der Waals surface area contributed by atoms with Gasteiger partial charge in [-0.15, -0.1) is 0 Å². The fourth-order valence-corrected chi connectivity index (χ4v) is 2.32. The van der Waals surface area contributed by atoms with Crippen molar-refractivity contribution in [1.82, 2.24) is 4.90 Å². The maximum absolute atomic E-state index is 13.1. The van der Waals surface area contributed by atoms with Gasteiger partial charge in [-0.3, -0.25) is 9.69 Å². The second-order valence-corrected chi connectivity index (χ2v) is 6.22. The molecule has 122 valence electrons. The van der Waals surface area contributed by atoms with Crippen LogP contribution in [0.2, 0.25) is 0 Å². The molecule has 8 heteroatoms. The largest absolute Gasteiger partial charge is 0.481 e.